The van der Waals surface area contributed by atoms with E-state index in [4.69, 9.17) is 0 Å². The number of hydrogen-bond acceptors (Lipinski definition) is 3. The summed E-state index contributed by atoms with van der Waals surface area (Å²) in [5, 5.41) is 12.1. The molecule has 2 heterocycles. The first-order chi connectivity index (χ1) is 9.61. The number of aliphatic hydroxyl groups excluding tert-OH is 1. The van der Waals surface area contributed by atoms with Crippen molar-refractivity contribution in [3.63, 3.8) is 0 Å². The molecule has 2 N–H and O–H groups in total. The van der Waals surface area contributed by atoms with Crippen LogP contribution in [-0.4, -0.2) is 44.8 Å². The molecular weight excluding hydrogens is 256 g/mol. The fourth-order valence-corrected chi connectivity index (χ4v) is 2.62. The molecule has 2 rings (SSSR count). The molecule has 1 aliphatic heterocycles. The summed E-state index contributed by atoms with van der Waals surface area (Å²) < 4.78 is 2.07. The molecule has 1 saturated heterocycles. The Morgan fingerprint density at radius 1 is 1.60 bits per heavy atom. The third-order valence-electron chi connectivity index (χ3n) is 3.61. The van der Waals surface area contributed by atoms with E-state index in [0.717, 1.165) is 31.8 Å². The Morgan fingerprint density at radius 2 is 2.40 bits per heavy atom. The number of amides is 2. The normalized spacial score (nSPS) is 18.8. The molecule has 1 aromatic rings. The summed E-state index contributed by atoms with van der Waals surface area (Å²) in [5.41, 5.74) is 0. The second-order valence-electron chi connectivity index (χ2n) is 5.72. The van der Waals surface area contributed by atoms with Gasteiger partial charge in [0.15, 0.2) is 0 Å². The summed E-state index contributed by atoms with van der Waals surface area (Å²) >= 11 is 0. The zero-order chi connectivity index (χ0) is 14.5. The molecule has 6 heteroatoms. The van der Waals surface area contributed by atoms with Crippen molar-refractivity contribution in [3.05, 3.63) is 18.2 Å². The Kier molecular flexibility index (Phi) is 5.00. The van der Waals surface area contributed by atoms with Gasteiger partial charge < -0.3 is 19.9 Å². The molecule has 0 bridgehead atoms. The van der Waals surface area contributed by atoms with Crippen LogP contribution in [0.3, 0.4) is 0 Å². The summed E-state index contributed by atoms with van der Waals surface area (Å²) in [6.07, 6.45) is 5.54. The second-order valence-corrected chi connectivity index (χ2v) is 5.72. The lowest BCUT2D eigenvalue weighted by atomic mass is 10.2. The highest BCUT2D eigenvalue weighted by Gasteiger charge is 2.27. The van der Waals surface area contributed by atoms with E-state index in [0.29, 0.717) is 12.5 Å². The molecule has 1 aliphatic rings. The Labute approximate surface area is 119 Å². The predicted molar refractivity (Wildman–Crippen MR) is 76.1 cm³/mol. The van der Waals surface area contributed by atoms with Crippen LogP contribution in [0.15, 0.2) is 12.4 Å². The molecule has 112 valence electrons. The molecule has 2 amide bonds. The van der Waals surface area contributed by atoms with Crippen molar-refractivity contribution in [2.75, 3.05) is 13.2 Å². The minimum atomic E-state index is -0.111. The van der Waals surface area contributed by atoms with Crippen LogP contribution >= 0.6 is 0 Å². The van der Waals surface area contributed by atoms with Gasteiger partial charge in [0, 0.05) is 25.5 Å². The fourth-order valence-electron chi connectivity index (χ4n) is 2.62. The second kappa shape index (κ2) is 6.74. The van der Waals surface area contributed by atoms with Gasteiger partial charge in [-0.25, -0.2) is 9.78 Å². The lowest BCUT2D eigenvalue weighted by molar-refractivity contribution is 0.156. The first-order valence-corrected chi connectivity index (χ1v) is 7.27. The Hall–Kier alpha value is -1.56. The van der Waals surface area contributed by atoms with Crippen molar-refractivity contribution in [2.24, 2.45) is 5.92 Å². The molecule has 0 aliphatic carbocycles. The lowest BCUT2D eigenvalue weighted by Gasteiger charge is -2.23. The van der Waals surface area contributed by atoms with Gasteiger partial charge in [0.1, 0.15) is 5.82 Å². The minimum Gasteiger partial charge on any atom is -0.394 e. The van der Waals surface area contributed by atoms with Crippen molar-refractivity contribution in [1.29, 1.82) is 0 Å². The maximum Gasteiger partial charge on any atom is 0.318 e. The molecule has 0 spiro atoms. The highest BCUT2D eigenvalue weighted by Crippen LogP contribution is 2.16. The molecule has 0 aromatic carbocycles. The van der Waals surface area contributed by atoms with E-state index in [1.165, 1.54) is 0 Å². The summed E-state index contributed by atoms with van der Waals surface area (Å²) in [7, 11) is 0. The van der Waals surface area contributed by atoms with E-state index < -0.39 is 0 Å². The molecule has 1 atom stereocenters. The van der Waals surface area contributed by atoms with Gasteiger partial charge >= 0.3 is 6.03 Å². The number of aromatic nitrogens is 2. The van der Waals surface area contributed by atoms with E-state index in [2.05, 4.69) is 28.7 Å². The molecule has 6 nitrogen and oxygen atoms in total. The van der Waals surface area contributed by atoms with E-state index in [9.17, 15) is 9.90 Å². The first kappa shape index (κ1) is 14.8. The fraction of sp³-hybridized carbons (Fsp3) is 0.714. The Balaban J connectivity index is 1.89. The van der Waals surface area contributed by atoms with Gasteiger partial charge in [-0.3, -0.25) is 0 Å². The minimum absolute atomic E-state index is 0.0367. The molecule has 0 saturated carbocycles. The predicted octanol–water partition coefficient (Wildman–Crippen LogP) is 1.21. The van der Waals surface area contributed by atoms with Crippen LogP contribution in [0.1, 0.15) is 32.5 Å². The zero-order valence-electron chi connectivity index (χ0n) is 12.2. The van der Waals surface area contributed by atoms with E-state index in [1.807, 2.05) is 6.20 Å². The van der Waals surface area contributed by atoms with Crippen molar-refractivity contribution < 1.29 is 9.90 Å². The standard InChI is InChI=1S/C14H24N4O2/c1-11(2)9-17-7-5-15-13(17)8-16-14(20)18-6-3-4-12(18)10-19/h5,7,11-12,19H,3-4,6,8-10H2,1-2H3,(H,16,20)/t12-/m0/s1. The number of carbonyl (C=O) groups excluding carboxylic acids is 1. The van der Waals surface area contributed by atoms with Gasteiger partial charge in [0.05, 0.1) is 19.2 Å². The Morgan fingerprint density at radius 3 is 3.10 bits per heavy atom. The number of nitrogens with one attached hydrogen (secondary N) is 1. The largest absolute Gasteiger partial charge is 0.394 e. The monoisotopic (exact) mass is 280 g/mol. The smallest absolute Gasteiger partial charge is 0.318 e. The van der Waals surface area contributed by atoms with Crippen LogP contribution in [0, 0.1) is 5.92 Å². The van der Waals surface area contributed by atoms with E-state index >= 15 is 0 Å². The number of imidazole rings is 1. The van der Waals surface area contributed by atoms with Crippen LogP contribution in [0.25, 0.3) is 0 Å². The van der Waals surface area contributed by atoms with Gasteiger partial charge in [-0.15, -0.1) is 0 Å². The number of carbonyl (C=O) groups is 1. The van der Waals surface area contributed by atoms with Crippen molar-refractivity contribution >= 4 is 6.03 Å². The van der Waals surface area contributed by atoms with Crippen LogP contribution in [0.5, 0.6) is 0 Å². The third-order valence-corrected chi connectivity index (χ3v) is 3.61. The number of hydrogen-bond donors (Lipinski definition) is 2. The van der Waals surface area contributed by atoms with E-state index in [-0.39, 0.29) is 18.7 Å². The van der Waals surface area contributed by atoms with Crippen LogP contribution in [0.4, 0.5) is 4.79 Å². The molecule has 0 unspecified atom stereocenters. The number of aliphatic hydroxyl groups is 1. The quantitative estimate of drug-likeness (QED) is 0.851. The average molecular weight is 280 g/mol. The SMILES string of the molecule is CC(C)Cn1ccnc1CNC(=O)N1CCC[C@H]1CO. The molecular formula is C14H24N4O2. The molecule has 1 aromatic heterocycles. The highest BCUT2D eigenvalue weighted by atomic mass is 16.3. The van der Waals surface area contributed by atoms with Crippen molar-refractivity contribution in [2.45, 2.75) is 45.8 Å². The summed E-state index contributed by atoms with van der Waals surface area (Å²) in [6, 6.07) is -0.147. The topological polar surface area (TPSA) is 70.4 Å². The maximum absolute atomic E-state index is 12.1. The maximum atomic E-state index is 12.1. The van der Waals surface area contributed by atoms with Gasteiger partial charge in [-0.05, 0) is 18.8 Å². The average Bonchev–Trinajstić information content (AvgIpc) is 3.03. The van der Waals surface area contributed by atoms with Crippen molar-refractivity contribution in [3.8, 4) is 0 Å². The molecule has 1 fully saturated rings. The highest BCUT2D eigenvalue weighted by molar-refractivity contribution is 5.74. The van der Waals surface area contributed by atoms with Crippen molar-refractivity contribution in [1.82, 2.24) is 19.8 Å². The molecule has 20 heavy (non-hydrogen) atoms. The summed E-state index contributed by atoms with van der Waals surface area (Å²) in [4.78, 5) is 18.1. The summed E-state index contributed by atoms with van der Waals surface area (Å²) in [6.45, 7) is 6.38. The van der Waals surface area contributed by atoms with Gasteiger partial charge in [-0.2, -0.15) is 0 Å². The number of likely N-dealkylation sites (tertiary alicyclic amines) is 1. The van der Waals surface area contributed by atoms with Crippen LogP contribution in [-0.2, 0) is 13.1 Å². The number of nitrogens with zero attached hydrogens (tertiary/aromatic N) is 3. The lowest BCUT2D eigenvalue weighted by Crippen LogP contribution is -2.44. The summed E-state index contributed by atoms with van der Waals surface area (Å²) in [5.74, 6) is 1.41. The Bertz CT molecular complexity index is 444. The van der Waals surface area contributed by atoms with Crippen LogP contribution < -0.4 is 5.32 Å². The van der Waals surface area contributed by atoms with Gasteiger partial charge in [0.25, 0.3) is 0 Å². The molecule has 0 radical (unpaired) electrons. The van der Waals surface area contributed by atoms with Gasteiger partial charge in [0.2, 0.25) is 0 Å². The van der Waals surface area contributed by atoms with Gasteiger partial charge in [-0.1, -0.05) is 13.8 Å². The van der Waals surface area contributed by atoms with Crippen LogP contribution in [0.2, 0.25) is 0 Å². The third kappa shape index (κ3) is 3.50. The number of rotatable bonds is 5. The van der Waals surface area contributed by atoms with E-state index in [1.54, 1.807) is 11.1 Å². The first-order valence-electron chi connectivity index (χ1n) is 7.27. The number of urea groups is 1. The zero-order valence-corrected chi connectivity index (χ0v) is 12.2.